The minimum absolute atomic E-state index is 0.530. The highest BCUT2D eigenvalue weighted by Gasteiger charge is 2.32. The average molecular weight is 255 g/mol. The van der Waals surface area contributed by atoms with Gasteiger partial charge in [-0.1, -0.05) is 0 Å². The van der Waals surface area contributed by atoms with Crippen molar-refractivity contribution in [2.75, 3.05) is 25.0 Å². The molecule has 2 aliphatic heterocycles. The Bertz CT molecular complexity index is 577. The zero-order valence-corrected chi connectivity index (χ0v) is 10.7. The van der Waals surface area contributed by atoms with Crippen LogP contribution in [0.2, 0.25) is 0 Å². The first-order valence-electron chi connectivity index (χ1n) is 6.86. The molecule has 0 spiro atoms. The zero-order valence-electron chi connectivity index (χ0n) is 10.7. The average Bonchev–Trinajstić information content (AvgIpc) is 2.93. The Morgan fingerprint density at radius 1 is 1.32 bits per heavy atom. The lowest BCUT2D eigenvalue weighted by Gasteiger charge is -2.37. The highest BCUT2D eigenvalue weighted by atomic mass is 15.4. The molecule has 0 amide bonds. The van der Waals surface area contributed by atoms with E-state index >= 15 is 0 Å². The molecule has 2 unspecified atom stereocenters. The molecular weight excluding hydrogens is 238 g/mol. The second-order valence-corrected chi connectivity index (χ2v) is 5.30. The smallest absolute Gasteiger partial charge is 0.125 e. The molecule has 0 saturated carbocycles. The van der Waals surface area contributed by atoms with E-state index in [0.29, 0.717) is 12.0 Å². The van der Waals surface area contributed by atoms with Gasteiger partial charge in [0.05, 0.1) is 11.7 Å². The second-order valence-electron chi connectivity index (χ2n) is 5.30. The minimum Gasteiger partial charge on any atom is -0.370 e. The van der Waals surface area contributed by atoms with Crippen molar-refractivity contribution in [1.29, 1.82) is 0 Å². The predicted octanol–water partition coefficient (Wildman–Crippen LogP) is 1.52. The van der Waals surface area contributed by atoms with Crippen LogP contribution in [-0.4, -0.2) is 34.4 Å². The molecule has 5 nitrogen and oxygen atoms in total. The Morgan fingerprint density at radius 3 is 3.21 bits per heavy atom. The van der Waals surface area contributed by atoms with Crippen molar-refractivity contribution in [2.24, 2.45) is 5.92 Å². The molecule has 5 heteroatoms. The molecule has 2 aromatic heterocycles. The number of aromatic nitrogens is 3. The third-order valence-electron chi connectivity index (χ3n) is 4.12. The van der Waals surface area contributed by atoms with Crippen LogP contribution < -0.4 is 10.6 Å². The molecule has 4 heterocycles. The number of anilines is 1. The summed E-state index contributed by atoms with van der Waals surface area (Å²) in [6.07, 6.45) is 4.82. The lowest BCUT2D eigenvalue weighted by molar-refractivity contribution is 0.238. The number of pyridine rings is 1. The number of nitrogens with one attached hydrogen (secondary N) is 2. The molecule has 0 aliphatic carbocycles. The summed E-state index contributed by atoms with van der Waals surface area (Å²) in [4.78, 5) is 4.17. The Balaban J connectivity index is 1.73. The van der Waals surface area contributed by atoms with Crippen molar-refractivity contribution in [3.63, 3.8) is 0 Å². The third kappa shape index (κ3) is 1.81. The molecule has 2 aromatic rings. The van der Waals surface area contributed by atoms with Crippen LogP contribution in [0.25, 0.3) is 11.3 Å². The standard InChI is InChI=1S/C14H17N5/c1-2-10(7-15-4-1)12-6-14-17-9-11-8-16-5-3-13(11)19(14)18-12/h1-2,4,6-7,11,13,16-17H,3,5,8-9H2. The van der Waals surface area contributed by atoms with E-state index in [9.17, 15) is 0 Å². The summed E-state index contributed by atoms with van der Waals surface area (Å²) in [5, 5.41) is 11.7. The van der Waals surface area contributed by atoms with Gasteiger partial charge >= 0.3 is 0 Å². The molecule has 19 heavy (non-hydrogen) atoms. The molecule has 1 saturated heterocycles. The maximum atomic E-state index is 4.79. The van der Waals surface area contributed by atoms with Crippen molar-refractivity contribution in [1.82, 2.24) is 20.1 Å². The molecule has 4 rings (SSSR count). The lowest BCUT2D eigenvalue weighted by Crippen LogP contribution is -2.44. The molecule has 0 aromatic carbocycles. The fourth-order valence-corrected chi connectivity index (χ4v) is 3.11. The van der Waals surface area contributed by atoms with Crippen LogP contribution in [0.3, 0.4) is 0 Å². The molecule has 0 bridgehead atoms. The summed E-state index contributed by atoms with van der Waals surface area (Å²) < 4.78 is 2.18. The quantitative estimate of drug-likeness (QED) is 0.811. The van der Waals surface area contributed by atoms with E-state index in [4.69, 9.17) is 5.10 Å². The van der Waals surface area contributed by atoms with Crippen LogP contribution in [0, 0.1) is 5.92 Å². The van der Waals surface area contributed by atoms with Gasteiger partial charge in [-0.3, -0.25) is 4.98 Å². The zero-order chi connectivity index (χ0) is 12.7. The topological polar surface area (TPSA) is 54.8 Å². The molecule has 1 fully saturated rings. The van der Waals surface area contributed by atoms with Crippen LogP contribution in [0.1, 0.15) is 12.5 Å². The van der Waals surface area contributed by atoms with E-state index in [1.807, 2.05) is 12.3 Å². The van der Waals surface area contributed by atoms with Gasteiger partial charge < -0.3 is 10.6 Å². The largest absolute Gasteiger partial charge is 0.370 e. The summed E-state index contributed by atoms with van der Waals surface area (Å²) >= 11 is 0. The van der Waals surface area contributed by atoms with Gasteiger partial charge in [0.1, 0.15) is 5.82 Å². The van der Waals surface area contributed by atoms with Gasteiger partial charge in [0.15, 0.2) is 0 Å². The van der Waals surface area contributed by atoms with Gasteiger partial charge in [-0.25, -0.2) is 4.68 Å². The summed E-state index contributed by atoms with van der Waals surface area (Å²) in [5.74, 6) is 1.78. The molecule has 98 valence electrons. The van der Waals surface area contributed by atoms with E-state index in [1.165, 1.54) is 0 Å². The minimum atomic E-state index is 0.530. The first kappa shape index (κ1) is 11.0. The van der Waals surface area contributed by atoms with Crippen molar-refractivity contribution in [3.05, 3.63) is 30.6 Å². The summed E-state index contributed by atoms with van der Waals surface area (Å²) in [6, 6.07) is 6.67. The van der Waals surface area contributed by atoms with Gasteiger partial charge in [0, 0.05) is 43.0 Å². The van der Waals surface area contributed by atoms with Crippen molar-refractivity contribution in [3.8, 4) is 11.3 Å². The van der Waals surface area contributed by atoms with Crippen LogP contribution in [0.5, 0.6) is 0 Å². The number of hydrogen-bond acceptors (Lipinski definition) is 4. The van der Waals surface area contributed by atoms with Crippen molar-refractivity contribution < 1.29 is 0 Å². The van der Waals surface area contributed by atoms with Gasteiger partial charge in [-0.2, -0.15) is 5.10 Å². The van der Waals surface area contributed by atoms with E-state index < -0.39 is 0 Å². The van der Waals surface area contributed by atoms with E-state index in [0.717, 1.165) is 43.1 Å². The molecule has 2 N–H and O–H groups in total. The van der Waals surface area contributed by atoms with Gasteiger partial charge in [-0.05, 0) is 25.1 Å². The Labute approximate surface area is 112 Å². The SMILES string of the molecule is c1cncc(-c2cc3n(n2)C2CCNCC2CN3)c1. The third-order valence-corrected chi connectivity index (χ3v) is 4.12. The monoisotopic (exact) mass is 255 g/mol. The maximum absolute atomic E-state index is 4.79. The highest BCUT2D eigenvalue weighted by molar-refractivity contribution is 5.62. The lowest BCUT2D eigenvalue weighted by atomic mass is 9.92. The van der Waals surface area contributed by atoms with Crippen LogP contribution in [0.4, 0.5) is 5.82 Å². The maximum Gasteiger partial charge on any atom is 0.125 e. The summed E-state index contributed by atoms with van der Waals surface area (Å²) in [6.45, 7) is 3.21. The van der Waals surface area contributed by atoms with Gasteiger partial charge in [-0.15, -0.1) is 0 Å². The number of piperidine rings is 1. The normalized spacial score (nSPS) is 25.3. The van der Waals surface area contributed by atoms with Crippen molar-refractivity contribution >= 4 is 5.82 Å². The fourth-order valence-electron chi connectivity index (χ4n) is 3.11. The number of fused-ring (bicyclic) bond motifs is 3. The summed E-state index contributed by atoms with van der Waals surface area (Å²) in [5.41, 5.74) is 2.09. The highest BCUT2D eigenvalue weighted by Crippen LogP contribution is 2.34. The van der Waals surface area contributed by atoms with Crippen LogP contribution in [0.15, 0.2) is 30.6 Å². The van der Waals surface area contributed by atoms with E-state index in [-0.39, 0.29) is 0 Å². The molecule has 2 atom stereocenters. The van der Waals surface area contributed by atoms with E-state index in [1.54, 1.807) is 6.20 Å². The molecular formula is C14H17N5. The number of rotatable bonds is 1. The van der Waals surface area contributed by atoms with Gasteiger partial charge in [0.2, 0.25) is 0 Å². The van der Waals surface area contributed by atoms with Crippen LogP contribution in [-0.2, 0) is 0 Å². The number of nitrogens with zero attached hydrogens (tertiary/aromatic N) is 3. The second kappa shape index (κ2) is 4.35. The Hall–Kier alpha value is -1.88. The molecule has 2 aliphatic rings. The summed E-state index contributed by atoms with van der Waals surface area (Å²) in [7, 11) is 0. The van der Waals surface area contributed by atoms with Crippen molar-refractivity contribution in [2.45, 2.75) is 12.5 Å². The van der Waals surface area contributed by atoms with Crippen LogP contribution >= 0.6 is 0 Å². The Kier molecular flexibility index (Phi) is 2.51. The molecule has 0 radical (unpaired) electrons. The first-order chi connectivity index (χ1) is 9.42. The predicted molar refractivity (Wildman–Crippen MR) is 74.0 cm³/mol. The van der Waals surface area contributed by atoms with E-state index in [2.05, 4.69) is 32.4 Å². The Morgan fingerprint density at radius 2 is 2.32 bits per heavy atom. The van der Waals surface area contributed by atoms with Gasteiger partial charge in [0.25, 0.3) is 0 Å². The number of hydrogen-bond donors (Lipinski definition) is 2. The first-order valence-corrected chi connectivity index (χ1v) is 6.86. The fraction of sp³-hybridized carbons (Fsp3) is 0.429.